The maximum absolute atomic E-state index is 13.8. The first-order valence-corrected chi connectivity index (χ1v) is 8.55. The second-order valence-electron chi connectivity index (χ2n) is 5.94. The van der Waals surface area contributed by atoms with Crippen LogP contribution in [0.2, 0.25) is 0 Å². The lowest BCUT2D eigenvalue weighted by Gasteiger charge is -2.36. The standard InChI is InChI=1S/C19H21F2N3O2/c20-15-5-1-3-7-17(15)23-10-12-24(13-11-23)19(25)22-9-14-26-18-8-4-2-6-16(18)21/h1-8H,9-14H2,(H,22,25). The molecule has 0 unspecified atom stereocenters. The molecule has 3 rings (SSSR count). The zero-order chi connectivity index (χ0) is 18.4. The molecule has 1 N–H and O–H groups in total. The third-order valence-electron chi connectivity index (χ3n) is 4.23. The second kappa shape index (κ2) is 8.51. The molecule has 0 aliphatic carbocycles. The number of benzene rings is 2. The fourth-order valence-electron chi connectivity index (χ4n) is 2.85. The third kappa shape index (κ3) is 4.41. The first kappa shape index (κ1) is 18.0. The van der Waals surface area contributed by atoms with Gasteiger partial charge in [0.1, 0.15) is 12.4 Å². The Labute approximate surface area is 151 Å². The van der Waals surface area contributed by atoms with Crippen LogP contribution in [0.15, 0.2) is 48.5 Å². The highest BCUT2D eigenvalue weighted by molar-refractivity contribution is 5.74. The first-order chi connectivity index (χ1) is 12.6. The number of hydrogen-bond acceptors (Lipinski definition) is 3. The zero-order valence-corrected chi connectivity index (χ0v) is 14.3. The van der Waals surface area contributed by atoms with Crippen LogP contribution in [-0.4, -0.2) is 50.3 Å². The Kier molecular flexibility index (Phi) is 5.88. The number of hydrogen-bond donors (Lipinski definition) is 1. The van der Waals surface area contributed by atoms with E-state index in [0.717, 1.165) is 0 Å². The van der Waals surface area contributed by atoms with Crippen molar-refractivity contribution >= 4 is 11.7 Å². The van der Waals surface area contributed by atoms with Crippen molar-refractivity contribution in [2.75, 3.05) is 44.2 Å². The first-order valence-electron chi connectivity index (χ1n) is 8.55. The summed E-state index contributed by atoms with van der Waals surface area (Å²) in [5, 5.41) is 2.76. The highest BCUT2D eigenvalue weighted by Crippen LogP contribution is 2.20. The molecule has 2 aromatic rings. The van der Waals surface area contributed by atoms with Gasteiger partial charge in [-0.2, -0.15) is 0 Å². The monoisotopic (exact) mass is 361 g/mol. The number of anilines is 1. The number of nitrogens with zero attached hydrogens (tertiary/aromatic N) is 2. The SMILES string of the molecule is O=C(NCCOc1ccccc1F)N1CCN(c2ccccc2F)CC1. The van der Waals surface area contributed by atoms with E-state index in [1.165, 1.54) is 12.1 Å². The van der Waals surface area contributed by atoms with Gasteiger partial charge in [-0.3, -0.25) is 0 Å². The summed E-state index contributed by atoms with van der Waals surface area (Å²) in [6.45, 7) is 2.62. The van der Waals surface area contributed by atoms with E-state index in [-0.39, 0.29) is 30.7 Å². The number of para-hydroxylation sites is 2. The minimum Gasteiger partial charge on any atom is -0.489 e. The molecule has 1 fully saturated rings. The molecular formula is C19H21F2N3O2. The number of halogens is 2. The van der Waals surface area contributed by atoms with Crippen LogP contribution >= 0.6 is 0 Å². The molecule has 0 aromatic heterocycles. The van der Waals surface area contributed by atoms with Crippen molar-refractivity contribution in [3.8, 4) is 5.75 Å². The van der Waals surface area contributed by atoms with Gasteiger partial charge in [0.05, 0.1) is 12.2 Å². The fraction of sp³-hybridized carbons (Fsp3) is 0.316. The lowest BCUT2D eigenvalue weighted by Crippen LogP contribution is -2.52. The summed E-state index contributed by atoms with van der Waals surface area (Å²) in [5.74, 6) is -0.515. The molecule has 0 atom stereocenters. The Hall–Kier alpha value is -2.83. The van der Waals surface area contributed by atoms with Gasteiger partial charge in [-0.1, -0.05) is 24.3 Å². The number of piperazine rings is 1. The molecule has 0 radical (unpaired) electrons. The zero-order valence-electron chi connectivity index (χ0n) is 14.3. The number of carbonyl (C=O) groups excluding carboxylic acids is 1. The summed E-state index contributed by atoms with van der Waals surface area (Å²) in [6.07, 6.45) is 0. The number of rotatable bonds is 5. The largest absolute Gasteiger partial charge is 0.489 e. The second-order valence-corrected chi connectivity index (χ2v) is 5.94. The van der Waals surface area contributed by atoms with Crippen LogP contribution in [-0.2, 0) is 0 Å². The molecule has 5 nitrogen and oxygen atoms in total. The van der Waals surface area contributed by atoms with Crippen LogP contribution in [0.4, 0.5) is 19.3 Å². The van der Waals surface area contributed by atoms with Crippen molar-refractivity contribution in [3.63, 3.8) is 0 Å². The molecule has 0 saturated carbocycles. The van der Waals surface area contributed by atoms with Gasteiger partial charge in [0.25, 0.3) is 0 Å². The number of amides is 2. The van der Waals surface area contributed by atoms with Crippen molar-refractivity contribution < 1.29 is 18.3 Å². The third-order valence-corrected chi connectivity index (χ3v) is 4.23. The molecule has 1 heterocycles. The molecule has 138 valence electrons. The number of urea groups is 1. The van der Waals surface area contributed by atoms with Gasteiger partial charge in [0, 0.05) is 26.2 Å². The Morgan fingerprint density at radius 1 is 0.962 bits per heavy atom. The number of carbonyl (C=O) groups is 1. The summed E-state index contributed by atoms with van der Waals surface area (Å²) in [5.41, 5.74) is 0.561. The van der Waals surface area contributed by atoms with E-state index < -0.39 is 5.82 Å². The Morgan fingerprint density at radius 3 is 2.31 bits per heavy atom. The maximum atomic E-state index is 13.8. The van der Waals surface area contributed by atoms with Crippen molar-refractivity contribution in [3.05, 3.63) is 60.2 Å². The predicted molar refractivity (Wildman–Crippen MR) is 95.5 cm³/mol. The summed E-state index contributed by atoms with van der Waals surface area (Å²) < 4.78 is 32.6. The molecule has 0 bridgehead atoms. The summed E-state index contributed by atoms with van der Waals surface area (Å²) in [4.78, 5) is 15.8. The van der Waals surface area contributed by atoms with Crippen LogP contribution in [0.3, 0.4) is 0 Å². The van der Waals surface area contributed by atoms with E-state index in [9.17, 15) is 13.6 Å². The summed E-state index contributed by atoms with van der Waals surface area (Å²) in [6, 6.07) is 12.6. The van der Waals surface area contributed by atoms with Crippen LogP contribution in [0.1, 0.15) is 0 Å². The maximum Gasteiger partial charge on any atom is 0.317 e. The van der Waals surface area contributed by atoms with Gasteiger partial charge >= 0.3 is 6.03 Å². The molecule has 0 spiro atoms. The van der Waals surface area contributed by atoms with E-state index in [4.69, 9.17) is 4.74 Å². The fourth-order valence-corrected chi connectivity index (χ4v) is 2.85. The molecular weight excluding hydrogens is 340 g/mol. The van der Waals surface area contributed by atoms with E-state index in [1.54, 1.807) is 41.3 Å². The van der Waals surface area contributed by atoms with Crippen LogP contribution in [0, 0.1) is 11.6 Å². The average molecular weight is 361 g/mol. The quantitative estimate of drug-likeness (QED) is 0.833. The summed E-state index contributed by atoms with van der Waals surface area (Å²) in [7, 11) is 0. The van der Waals surface area contributed by atoms with Crippen molar-refractivity contribution in [1.29, 1.82) is 0 Å². The van der Waals surface area contributed by atoms with E-state index in [1.807, 2.05) is 4.90 Å². The van der Waals surface area contributed by atoms with Gasteiger partial charge in [-0.05, 0) is 24.3 Å². The number of nitrogens with one attached hydrogen (secondary N) is 1. The highest BCUT2D eigenvalue weighted by Gasteiger charge is 2.22. The number of ether oxygens (including phenoxy) is 1. The van der Waals surface area contributed by atoms with Gasteiger partial charge in [-0.15, -0.1) is 0 Å². The average Bonchev–Trinajstić information content (AvgIpc) is 2.67. The molecule has 1 saturated heterocycles. The normalized spacial score (nSPS) is 14.2. The lowest BCUT2D eigenvalue weighted by atomic mass is 10.2. The van der Waals surface area contributed by atoms with Gasteiger partial charge in [0.15, 0.2) is 11.6 Å². The summed E-state index contributed by atoms with van der Waals surface area (Å²) >= 11 is 0. The minimum absolute atomic E-state index is 0.167. The van der Waals surface area contributed by atoms with Crippen LogP contribution in [0.5, 0.6) is 5.75 Å². The minimum atomic E-state index is -0.428. The smallest absolute Gasteiger partial charge is 0.317 e. The molecule has 2 aromatic carbocycles. The Balaban J connectivity index is 1.40. The van der Waals surface area contributed by atoms with Gasteiger partial charge in [-0.25, -0.2) is 13.6 Å². The van der Waals surface area contributed by atoms with Gasteiger partial charge < -0.3 is 19.9 Å². The van der Waals surface area contributed by atoms with E-state index >= 15 is 0 Å². The molecule has 1 aliphatic rings. The molecule has 2 amide bonds. The Bertz CT molecular complexity index is 749. The predicted octanol–water partition coefficient (Wildman–Crippen LogP) is 2.88. The van der Waals surface area contributed by atoms with Crippen molar-refractivity contribution in [1.82, 2.24) is 10.2 Å². The molecule has 26 heavy (non-hydrogen) atoms. The lowest BCUT2D eigenvalue weighted by molar-refractivity contribution is 0.191. The van der Waals surface area contributed by atoms with Crippen molar-refractivity contribution in [2.24, 2.45) is 0 Å². The highest BCUT2D eigenvalue weighted by atomic mass is 19.1. The van der Waals surface area contributed by atoms with Crippen molar-refractivity contribution in [2.45, 2.75) is 0 Å². The Morgan fingerprint density at radius 2 is 1.62 bits per heavy atom. The van der Waals surface area contributed by atoms with Gasteiger partial charge in [0.2, 0.25) is 0 Å². The van der Waals surface area contributed by atoms with Crippen LogP contribution < -0.4 is 15.0 Å². The van der Waals surface area contributed by atoms with E-state index in [2.05, 4.69) is 5.32 Å². The topological polar surface area (TPSA) is 44.8 Å². The molecule has 7 heteroatoms. The van der Waals surface area contributed by atoms with E-state index in [0.29, 0.717) is 31.9 Å². The van der Waals surface area contributed by atoms with Crippen LogP contribution in [0.25, 0.3) is 0 Å². The molecule has 1 aliphatic heterocycles.